The summed E-state index contributed by atoms with van der Waals surface area (Å²) >= 11 is 0. The lowest BCUT2D eigenvalue weighted by atomic mass is 9.92. The van der Waals surface area contributed by atoms with E-state index in [0.717, 1.165) is 17.7 Å². The van der Waals surface area contributed by atoms with E-state index in [1.165, 1.54) is 0 Å². The van der Waals surface area contributed by atoms with Crippen LogP contribution >= 0.6 is 0 Å². The number of ether oxygens (including phenoxy) is 1. The summed E-state index contributed by atoms with van der Waals surface area (Å²) in [6.07, 6.45) is 0.799. The van der Waals surface area contributed by atoms with Gasteiger partial charge in [0, 0.05) is 12.1 Å². The van der Waals surface area contributed by atoms with Gasteiger partial charge in [0.25, 0.3) is 0 Å². The van der Waals surface area contributed by atoms with Crippen LogP contribution in [-0.2, 0) is 0 Å². The van der Waals surface area contributed by atoms with Gasteiger partial charge in [-0.15, -0.1) is 0 Å². The van der Waals surface area contributed by atoms with E-state index in [-0.39, 0.29) is 17.6 Å². The number of nitrogens with zero attached hydrogens (tertiary/aromatic N) is 2. The molecule has 0 bridgehead atoms. The van der Waals surface area contributed by atoms with Crippen LogP contribution in [0.1, 0.15) is 36.3 Å². The first-order valence-corrected chi connectivity index (χ1v) is 7.20. The zero-order valence-electron chi connectivity index (χ0n) is 12.2. The first-order chi connectivity index (χ1) is 10.2. The molecule has 110 valence electrons. The summed E-state index contributed by atoms with van der Waals surface area (Å²) in [5.74, 6) is 1.47. The van der Waals surface area contributed by atoms with Crippen LogP contribution in [0.15, 0.2) is 24.3 Å². The van der Waals surface area contributed by atoms with Crippen molar-refractivity contribution in [2.24, 2.45) is 0 Å². The highest BCUT2D eigenvalue weighted by atomic mass is 19.1. The third kappa shape index (κ3) is 2.55. The zero-order chi connectivity index (χ0) is 14.8. The van der Waals surface area contributed by atoms with Gasteiger partial charge in [-0.2, -0.15) is 0 Å². The normalized spacial score (nSPS) is 17.0. The molecule has 1 aliphatic heterocycles. The maximum absolute atomic E-state index is 14.0. The number of para-hydroxylation sites is 1. The van der Waals surface area contributed by atoms with Gasteiger partial charge in [0.05, 0.1) is 18.2 Å². The molecule has 2 heterocycles. The van der Waals surface area contributed by atoms with E-state index in [2.05, 4.69) is 15.3 Å². The van der Waals surface area contributed by atoms with Gasteiger partial charge in [0.2, 0.25) is 0 Å². The Morgan fingerprint density at radius 3 is 2.95 bits per heavy atom. The Hall–Kier alpha value is -2.17. The number of aryl methyl sites for hydroxylation is 1. The first-order valence-electron chi connectivity index (χ1n) is 7.20. The molecule has 21 heavy (non-hydrogen) atoms. The number of halogens is 1. The van der Waals surface area contributed by atoms with Crippen LogP contribution in [0.2, 0.25) is 0 Å². The minimum Gasteiger partial charge on any atom is -0.493 e. The van der Waals surface area contributed by atoms with Gasteiger partial charge in [-0.3, -0.25) is 0 Å². The van der Waals surface area contributed by atoms with Gasteiger partial charge in [0.15, 0.2) is 11.6 Å². The largest absolute Gasteiger partial charge is 0.493 e. The Labute approximate surface area is 123 Å². The SMILES string of the molecule is CCNc1nc(C2CCOc3ccccc32)nc(C)c1F. The maximum atomic E-state index is 14.0. The predicted octanol–water partition coefficient (Wildman–Crippen LogP) is 3.27. The number of hydrogen-bond donors (Lipinski definition) is 1. The number of benzene rings is 1. The van der Waals surface area contributed by atoms with E-state index in [9.17, 15) is 4.39 Å². The monoisotopic (exact) mass is 287 g/mol. The van der Waals surface area contributed by atoms with Crippen LogP contribution in [-0.4, -0.2) is 23.1 Å². The molecule has 0 spiro atoms. The molecule has 1 aliphatic rings. The molecule has 0 saturated carbocycles. The third-order valence-electron chi connectivity index (χ3n) is 3.65. The molecule has 0 fully saturated rings. The Bertz CT molecular complexity index is 660. The maximum Gasteiger partial charge on any atom is 0.186 e. The van der Waals surface area contributed by atoms with Gasteiger partial charge in [0.1, 0.15) is 11.6 Å². The lowest BCUT2D eigenvalue weighted by Crippen LogP contribution is -2.19. The average molecular weight is 287 g/mol. The van der Waals surface area contributed by atoms with Crippen molar-refractivity contribution in [3.05, 3.63) is 47.2 Å². The van der Waals surface area contributed by atoms with Gasteiger partial charge in [-0.1, -0.05) is 18.2 Å². The summed E-state index contributed by atoms with van der Waals surface area (Å²) in [6.45, 7) is 4.84. The summed E-state index contributed by atoms with van der Waals surface area (Å²) in [7, 11) is 0. The van der Waals surface area contributed by atoms with Gasteiger partial charge >= 0.3 is 0 Å². The molecular weight excluding hydrogens is 269 g/mol. The summed E-state index contributed by atoms with van der Waals surface area (Å²) in [5, 5.41) is 2.96. The quantitative estimate of drug-likeness (QED) is 0.941. The second-order valence-electron chi connectivity index (χ2n) is 5.09. The predicted molar refractivity (Wildman–Crippen MR) is 79.3 cm³/mol. The fraction of sp³-hybridized carbons (Fsp3) is 0.375. The van der Waals surface area contributed by atoms with Crippen molar-refractivity contribution in [1.82, 2.24) is 9.97 Å². The van der Waals surface area contributed by atoms with Gasteiger partial charge in [-0.05, 0) is 26.3 Å². The Balaban J connectivity index is 2.05. The molecule has 0 radical (unpaired) electrons. The van der Waals surface area contributed by atoms with E-state index < -0.39 is 0 Å². The van der Waals surface area contributed by atoms with Crippen molar-refractivity contribution in [3.8, 4) is 5.75 Å². The molecule has 1 N–H and O–H groups in total. The first kappa shape index (κ1) is 13.8. The molecule has 2 aromatic rings. The highest BCUT2D eigenvalue weighted by molar-refractivity contribution is 5.44. The van der Waals surface area contributed by atoms with Crippen LogP contribution in [0.3, 0.4) is 0 Å². The number of hydrogen-bond acceptors (Lipinski definition) is 4. The third-order valence-corrected chi connectivity index (χ3v) is 3.65. The molecular formula is C16H18FN3O. The van der Waals surface area contributed by atoms with Crippen molar-refractivity contribution in [2.45, 2.75) is 26.2 Å². The molecule has 4 nitrogen and oxygen atoms in total. The minimum atomic E-state index is -0.374. The van der Waals surface area contributed by atoms with Crippen LogP contribution in [0, 0.1) is 12.7 Å². The van der Waals surface area contributed by atoms with E-state index in [0.29, 0.717) is 24.7 Å². The number of fused-ring (bicyclic) bond motifs is 1. The topological polar surface area (TPSA) is 47.0 Å². The molecule has 1 aromatic carbocycles. The van der Waals surface area contributed by atoms with Crippen LogP contribution in [0.5, 0.6) is 5.75 Å². The van der Waals surface area contributed by atoms with Crippen molar-refractivity contribution >= 4 is 5.82 Å². The molecule has 0 aliphatic carbocycles. The Kier molecular flexibility index (Phi) is 3.73. The second-order valence-corrected chi connectivity index (χ2v) is 5.09. The van der Waals surface area contributed by atoms with Crippen molar-refractivity contribution in [1.29, 1.82) is 0 Å². The number of rotatable bonds is 3. The smallest absolute Gasteiger partial charge is 0.186 e. The molecule has 1 unspecified atom stereocenters. The van der Waals surface area contributed by atoms with Crippen LogP contribution in [0.4, 0.5) is 10.2 Å². The molecule has 3 rings (SSSR count). The fourth-order valence-corrected chi connectivity index (χ4v) is 2.63. The fourth-order valence-electron chi connectivity index (χ4n) is 2.63. The van der Waals surface area contributed by atoms with E-state index >= 15 is 0 Å². The number of aromatic nitrogens is 2. The molecule has 0 amide bonds. The highest BCUT2D eigenvalue weighted by Gasteiger charge is 2.26. The number of nitrogens with one attached hydrogen (secondary N) is 1. The number of anilines is 1. The molecule has 0 saturated heterocycles. The van der Waals surface area contributed by atoms with E-state index in [1.807, 2.05) is 31.2 Å². The van der Waals surface area contributed by atoms with Crippen LogP contribution in [0.25, 0.3) is 0 Å². The second kappa shape index (κ2) is 5.68. The van der Waals surface area contributed by atoms with Crippen LogP contribution < -0.4 is 10.1 Å². The lowest BCUT2D eigenvalue weighted by Gasteiger charge is -2.25. The van der Waals surface area contributed by atoms with Crippen molar-refractivity contribution in [2.75, 3.05) is 18.5 Å². The van der Waals surface area contributed by atoms with Crippen molar-refractivity contribution in [3.63, 3.8) is 0 Å². The summed E-state index contributed by atoms with van der Waals surface area (Å²) < 4.78 is 19.7. The van der Waals surface area contributed by atoms with Gasteiger partial charge < -0.3 is 10.1 Å². The standard InChI is InChI=1S/C16H18FN3O/c1-3-18-16-14(17)10(2)19-15(20-16)12-8-9-21-13-7-5-4-6-11(12)13/h4-7,12H,3,8-9H2,1-2H3,(H,18,19,20). The summed E-state index contributed by atoms with van der Waals surface area (Å²) in [6, 6.07) is 7.89. The van der Waals surface area contributed by atoms with Crippen molar-refractivity contribution < 1.29 is 9.13 Å². The molecule has 1 atom stereocenters. The average Bonchev–Trinajstić information content (AvgIpc) is 2.51. The summed E-state index contributed by atoms with van der Waals surface area (Å²) in [4.78, 5) is 8.75. The Morgan fingerprint density at radius 2 is 2.14 bits per heavy atom. The van der Waals surface area contributed by atoms with Gasteiger partial charge in [-0.25, -0.2) is 14.4 Å². The Morgan fingerprint density at radius 1 is 1.33 bits per heavy atom. The molecule has 1 aromatic heterocycles. The lowest BCUT2D eigenvalue weighted by molar-refractivity contribution is 0.274. The van der Waals surface area contributed by atoms with E-state index in [1.54, 1.807) is 6.92 Å². The van der Waals surface area contributed by atoms with E-state index in [4.69, 9.17) is 4.74 Å². The zero-order valence-corrected chi connectivity index (χ0v) is 12.2. The molecule has 5 heteroatoms. The highest BCUT2D eigenvalue weighted by Crippen LogP contribution is 2.37. The summed E-state index contributed by atoms with van der Waals surface area (Å²) in [5.41, 5.74) is 1.44. The minimum absolute atomic E-state index is 0.0478.